The number of aromatic nitrogens is 2. The second kappa shape index (κ2) is 5.05. The third-order valence-electron chi connectivity index (χ3n) is 2.49. The lowest BCUT2D eigenvalue weighted by molar-refractivity contribution is 0.551. The van der Waals surface area contributed by atoms with E-state index in [4.69, 9.17) is 5.73 Å². The maximum absolute atomic E-state index is 12.0. The van der Waals surface area contributed by atoms with Gasteiger partial charge in [-0.15, -0.1) is 0 Å². The lowest BCUT2D eigenvalue weighted by atomic mass is 10.1. The summed E-state index contributed by atoms with van der Waals surface area (Å²) in [5.41, 5.74) is 6.12. The Bertz CT molecular complexity index is 491. The summed E-state index contributed by atoms with van der Waals surface area (Å²) in [6.45, 7) is 6.12. The van der Waals surface area contributed by atoms with E-state index < -0.39 is 10.0 Å². The Balaban J connectivity index is 2.90. The number of sulfonamides is 1. The van der Waals surface area contributed by atoms with E-state index in [1.165, 1.54) is 4.68 Å². The van der Waals surface area contributed by atoms with E-state index in [9.17, 15) is 8.42 Å². The van der Waals surface area contributed by atoms with Crippen molar-refractivity contribution in [3.63, 3.8) is 0 Å². The Morgan fingerprint density at radius 1 is 1.47 bits per heavy atom. The number of nitrogens with one attached hydrogen (secondary N) is 1. The van der Waals surface area contributed by atoms with Crippen molar-refractivity contribution in [2.45, 2.75) is 32.1 Å². The van der Waals surface area contributed by atoms with E-state index >= 15 is 0 Å². The standard InChI is InChI=1S/C10H20N4O2S/c1-7(2)5-6-12-17(15,16)9-8(3)13-14(4)10(9)11/h7,12H,5-6,11H2,1-4H3. The van der Waals surface area contributed by atoms with Crippen LogP contribution in [0.3, 0.4) is 0 Å². The van der Waals surface area contributed by atoms with Gasteiger partial charge < -0.3 is 5.73 Å². The Labute approximate surface area is 102 Å². The largest absolute Gasteiger partial charge is 0.383 e. The van der Waals surface area contributed by atoms with Crippen molar-refractivity contribution in [2.75, 3.05) is 12.3 Å². The van der Waals surface area contributed by atoms with Gasteiger partial charge in [0.05, 0.1) is 5.69 Å². The third-order valence-corrected chi connectivity index (χ3v) is 4.12. The first-order valence-electron chi connectivity index (χ1n) is 5.54. The molecule has 3 N–H and O–H groups in total. The van der Waals surface area contributed by atoms with E-state index in [0.717, 1.165) is 6.42 Å². The summed E-state index contributed by atoms with van der Waals surface area (Å²) in [4.78, 5) is 0.0868. The smallest absolute Gasteiger partial charge is 0.246 e. The highest BCUT2D eigenvalue weighted by Crippen LogP contribution is 2.20. The van der Waals surface area contributed by atoms with Crippen LogP contribution in [0, 0.1) is 12.8 Å². The van der Waals surface area contributed by atoms with E-state index in [1.54, 1.807) is 14.0 Å². The van der Waals surface area contributed by atoms with Crippen molar-refractivity contribution in [1.29, 1.82) is 0 Å². The second-order valence-corrected chi connectivity index (χ2v) is 6.21. The molecule has 0 saturated carbocycles. The van der Waals surface area contributed by atoms with Gasteiger partial charge in [0.25, 0.3) is 0 Å². The van der Waals surface area contributed by atoms with Crippen LogP contribution in [0.2, 0.25) is 0 Å². The molecule has 0 bridgehead atoms. The predicted molar refractivity (Wildman–Crippen MR) is 67.0 cm³/mol. The second-order valence-electron chi connectivity index (χ2n) is 4.50. The summed E-state index contributed by atoms with van der Waals surface area (Å²) < 4.78 is 28.0. The average molecular weight is 260 g/mol. The zero-order chi connectivity index (χ0) is 13.2. The lowest BCUT2D eigenvalue weighted by Crippen LogP contribution is -2.26. The van der Waals surface area contributed by atoms with Crippen LogP contribution in [0.4, 0.5) is 5.82 Å². The zero-order valence-corrected chi connectivity index (χ0v) is 11.5. The van der Waals surface area contributed by atoms with Gasteiger partial charge in [0.15, 0.2) is 0 Å². The molecule has 0 saturated heterocycles. The Kier molecular flexibility index (Phi) is 4.16. The maximum Gasteiger partial charge on any atom is 0.246 e. The summed E-state index contributed by atoms with van der Waals surface area (Å²) in [5.74, 6) is 0.615. The van der Waals surface area contributed by atoms with Crippen LogP contribution in [0.25, 0.3) is 0 Å². The van der Waals surface area contributed by atoms with Crippen LogP contribution >= 0.6 is 0 Å². The van der Waals surface area contributed by atoms with Crippen LogP contribution < -0.4 is 10.5 Å². The molecule has 0 fully saturated rings. The number of aryl methyl sites for hydroxylation is 2. The molecule has 0 aliphatic carbocycles. The molecule has 17 heavy (non-hydrogen) atoms. The number of rotatable bonds is 5. The summed E-state index contributed by atoms with van der Waals surface area (Å²) in [6.07, 6.45) is 0.790. The van der Waals surface area contributed by atoms with Crippen LogP contribution in [-0.2, 0) is 17.1 Å². The summed E-state index contributed by atoms with van der Waals surface area (Å²) >= 11 is 0. The van der Waals surface area contributed by atoms with Crippen molar-refractivity contribution in [1.82, 2.24) is 14.5 Å². The molecule has 1 aromatic heterocycles. The van der Waals surface area contributed by atoms with E-state index in [1.807, 2.05) is 13.8 Å². The van der Waals surface area contributed by atoms with Crippen LogP contribution in [0.15, 0.2) is 4.90 Å². The molecule has 1 aromatic rings. The highest BCUT2D eigenvalue weighted by molar-refractivity contribution is 7.89. The van der Waals surface area contributed by atoms with Crippen LogP contribution in [-0.4, -0.2) is 24.7 Å². The fraction of sp³-hybridized carbons (Fsp3) is 0.700. The van der Waals surface area contributed by atoms with Crippen molar-refractivity contribution in [2.24, 2.45) is 13.0 Å². The summed E-state index contributed by atoms with van der Waals surface area (Å²) in [5, 5.41) is 3.99. The summed E-state index contributed by atoms with van der Waals surface area (Å²) in [7, 11) is -1.93. The predicted octanol–water partition coefficient (Wildman–Crippen LogP) is 0.635. The lowest BCUT2D eigenvalue weighted by Gasteiger charge is -2.08. The highest BCUT2D eigenvalue weighted by atomic mass is 32.2. The van der Waals surface area contributed by atoms with E-state index in [-0.39, 0.29) is 10.7 Å². The molecular formula is C10H20N4O2S. The van der Waals surface area contributed by atoms with Gasteiger partial charge in [0, 0.05) is 13.6 Å². The molecule has 0 spiro atoms. The van der Waals surface area contributed by atoms with Crippen molar-refractivity contribution >= 4 is 15.8 Å². The molecule has 0 amide bonds. The van der Waals surface area contributed by atoms with Crippen molar-refractivity contribution < 1.29 is 8.42 Å². The minimum absolute atomic E-state index is 0.0868. The van der Waals surface area contributed by atoms with Crippen LogP contribution in [0.5, 0.6) is 0 Å². The number of nitrogen functional groups attached to an aromatic ring is 1. The molecule has 7 heteroatoms. The molecule has 1 heterocycles. The fourth-order valence-electron chi connectivity index (χ4n) is 1.54. The number of nitrogens with two attached hydrogens (primary N) is 1. The van der Waals surface area contributed by atoms with Gasteiger partial charge >= 0.3 is 0 Å². The van der Waals surface area contributed by atoms with Gasteiger partial charge in [-0.2, -0.15) is 5.10 Å². The minimum atomic E-state index is -3.55. The number of nitrogens with zero attached hydrogens (tertiary/aromatic N) is 2. The molecule has 0 aliphatic heterocycles. The Morgan fingerprint density at radius 3 is 2.47 bits per heavy atom. The molecular weight excluding hydrogens is 240 g/mol. The minimum Gasteiger partial charge on any atom is -0.383 e. The van der Waals surface area contributed by atoms with Gasteiger partial charge in [-0.3, -0.25) is 4.68 Å². The Hall–Kier alpha value is -1.08. The molecule has 0 unspecified atom stereocenters. The topological polar surface area (TPSA) is 90.0 Å². The molecule has 6 nitrogen and oxygen atoms in total. The number of hydrogen-bond acceptors (Lipinski definition) is 4. The van der Waals surface area contributed by atoms with E-state index in [0.29, 0.717) is 18.2 Å². The van der Waals surface area contributed by atoms with Gasteiger partial charge in [0.1, 0.15) is 10.7 Å². The molecule has 0 radical (unpaired) electrons. The highest BCUT2D eigenvalue weighted by Gasteiger charge is 2.23. The third kappa shape index (κ3) is 3.19. The average Bonchev–Trinajstić information content (AvgIpc) is 2.40. The normalized spacial score (nSPS) is 12.3. The number of hydrogen-bond donors (Lipinski definition) is 2. The first-order valence-corrected chi connectivity index (χ1v) is 7.02. The van der Waals surface area contributed by atoms with Crippen LogP contribution in [0.1, 0.15) is 26.0 Å². The van der Waals surface area contributed by atoms with Gasteiger partial charge in [-0.1, -0.05) is 13.8 Å². The van der Waals surface area contributed by atoms with Gasteiger partial charge in [0.2, 0.25) is 10.0 Å². The molecule has 0 aromatic carbocycles. The monoisotopic (exact) mass is 260 g/mol. The zero-order valence-electron chi connectivity index (χ0n) is 10.7. The Morgan fingerprint density at radius 2 is 2.06 bits per heavy atom. The summed E-state index contributed by atoms with van der Waals surface area (Å²) in [6, 6.07) is 0. The molecule has 1 rings (SSSR count). The number of anilines is 1. The quantitative estimate of drug-likeness (QED) is 0.812. The van der Waals surface area contributed by atoms with Crippen molar-refractivity contribution in [3.05, 3.63) is 5.69 Å². The maximum atomic E-state index is 12.0. The molecule has 0 aliphatic rings. The molecule has 0 atom stereocenters. The van der Waals surface area contributed by atoms with Gasteiger partial charge in [-0.05, 0) is 19.3 Å². The fourth-order valence-corrected chi connectivity index (χ4v) is 2.91. The van der Waals surface area contributed by atoms with Crippen molar-refractivity contribution in [3.8, 4) is 0 Å². The van der Waals surface area contributed by atoms with Gasteiger partial charge in [-0.25, -0.2) is 13.1 Å². The first-order chi connectivity index (χ1) is 7.75. The van der Waals surface area contributed by atoms with E-state index in [2.05, 4.69) is 9.82 Å². The SMILES string of the molecule is Cc1nn(C)c(N)c1S(=O)(=O)NCCC(C)C. The first kappa shape index (κ1) is 14.0. The molecule has 98 valence electrons.